The fourth-order valence-corrected chi connectivity index (χ4v) is 2.11. The van der Waals surface area contributed by atoms with Gasteiger partial charge in [0.05, 0.1) is 17.4 Å². The monoisotopic (exact) mass is 296 g/mol. The Morgan fingerprint density at radius 1 is 1.38 bits per heavy atom. The molecule has 1 heterocycles. The molecule has 6 heteroatoms. The second-order valence-electron chi connectivity index (χ2n) is 5.89. The molecule has 1 rings (SSSR count). The molecule has 0 saturated carbocycles. The van der Waals surface area contributed by atoms with E-state index in [9.17, 15) is 14.7 Å². The van der Waals surface area contributed by atoms with Crippen LogP contribution in [0.25, 0.3) is 0 Å². The van der Waals surface area contributed by atoms with Gasteiger partial charge in [-0.05, 0) is 25.3 Å². The molecule has 1 atom stereocenters. The molecule has 1 aromatic heterocycles. The number of hydrogen-bond donors (Lipinski definition) is 3. The van der Waals surface area contributed by atoms with E-state index in [0.29, 0.717) is 17.9 Å². The Morgan fingerprint density at radius 2 is 2.10 bits per heavy atom. The van der Waals surface area contributed by atoms with Crippen LogP contribution in [0, 0.1) is 5.92 Å². The van der Waals surface area contributed by atoms with Crippen molar-refractivity contribution in [1.82, 2.24) is 10.6 Å². The first-order chi connectivity index (χ1) is 9.80. The molecule has 0 spiro atoms. The molecular formula is C15H24N2O4. The smallest absolute Gasteiger partial charge is 0.254 e. The molecule has 0 radical (unpaired) electrons. The summed E-state index contributed by atoms with van der Waals surface area (Å²) in [6.07, 6.45) is 3.54. The Kier molecular flexibility index (Phi) is 6.42. The highest BCUT2D eigenvalue weighted by Crippen LogP contribution is 2.14. The highest BCUT2D eigenvalue weighted by atomic mass is 16.3. The van der Waals surface area contributed by atoms with Gasteiger partial charge in [-0.15, -0.1) is 0 Å². The van der Waals surface area contributed by atoms with Crippen molar-refractivity contribution in [1.29, 1.82) is 0 Å². The van der Waals surface area contributed by atoms with E-state index >= 15 is 0 Å². The molecule has 0 aliphatic rings. The van der Waals surface area contributed by atoms with Crippen molar-refractivity contribution in [3.05, 3.63) is 24.2 Å². The summed E-state index contributed by atoms with van der Waals surface area (Å²) < 4.78 is 4.80. The maximum Gasteiger partial charge on any atom is 0.254 e. The maximum absolute atomic E-state index is 11.7. The van der Waals surface area contributed by atoms with Crippen LogP contribution in [0.4, 0.5) is 0 Å². The van der Waals surface area contributed by atoms with Crippen molar-refractivity contribution in [2.45, 2.75) is 39.2 Å². The van der Waals surface area contributed by atoms with Crippen molar-refractivity contribution < 1.29 is 19.1 Å². The number of nitrogens with one attached hydrogen (secondary N) is 2. The van der Waals surface area contributed by atoms with Gasteiger partial charge in [-0.2, -0.15) is 0 Å². The first kappa shape index (κ1) is 17.2. The van der Waals surface area contributed by atoms with Crippen LogP contribution in [0.1, 0.15) is 44.0 Å². The Balaban J connectivity index is 2.21. The molecule has 0 bridgehead atoms. The topological polar surface area (TPSA) is 91.6 Å². The summed E-state index contributed by atoms with van der Waals surface area (Å²) in [5.74, 6) is -0.124. The number of hydrogen-bond acceptors (Lipinski definition) is 4. The summed E-state index contributed by atoms with van der Waals surface area (Å²) in [7, 11) is 0. The van der Waals surface area contributed by atoms with Gasteiger partial charge in [-0.1, -0.05) is 13.8 Å². The summed E-state index contributed by atoms with van der Waals surface area (Å²) in [5.41, 5.74) is -0.487. The van der Waals surface area contributed by atoms with Crippen LogP contribution >= 0.6 is 0 Å². The van der Waals surface area contributed by atoms with Crippen molar-refractivity contribution in [2.24, 2.45) is 5.92 Å². The molecule has 0 aliphatic heterocycles. The fourth-order valence-electron chi connectivity index (χ4n) is 2.11. The molecule has 2 amide bonds. The lowest BCUT2D eigenvalue weighted by atomic mass is 9.94. The Labute approximate surface area is 124 Å². The lowest BCUT2D eigenvalue weighted by Gasteiger charge is -2.25. The second-order valence-corrected chi connectivity index (χ2v) is 5.89. The second kappa shape index (κ2) is 7.83. The first-order valence-corrected chi connectivity index (χ1v) is 7.09. The summed E-state index contributed by atoms with van der Waals surface area (Å²) in [4.78, 5) is 23.2. The number of amides is 2. The quantitative estimate of drug-likeness (QED) is 0.674. The standard InChI is InChI=1S/C15H24N2O4/c1-11(2)8-15(3,20)10-17-13(18)4-6-16-14(19)12-5-7-21-9-12/h5,7,9,11,20H,4,6,8,10H2,1-3H3,(H,16,19)(H,17,18). The van der Waals surface area contributed by atoms with E-state index in [4.69, 9.17) is 4.42 Å². The van der Waals surface area contributed by atoms with Crippen LogP contribution in [0.15, 0.2) is 23.0 Å². The van der Waals surface area contributed by atoms with Crippen molar-refractivity contribution in [3.8, 4) is 0 Å². The number of furan rings is 1. The largest absolute Gasteiger partial charge is 0.472 e. The minimum atomic E-state index is -0.913. The SMILES string of the molecule is CC(C)CC(C)(O)CNC(=O)CCNC(=O)c1ccoc1. The molecule has 21 heavy (non-hydrogen) atoms. The number of aliphatic hydroxyl groups is 1. The van der Waals surface area contributed by atoms with E-state index in [1.807, 2.05) is 13.8 Å². The molecule has 1 aromatic rings. The molecule has 3 N–H and O–H groups in total. The average molecular weight is 296 g/mol. The minimum absolute atomic E-state index is 0.168. The van der Waals surface area contributed by atoms with E-state index in [-0.39, 0.29) is 31.3 Å². The molecule has 118 valence electrons. The van der Waals surface area contributed by atoms with Gasteiger partial charge in [0.2, 0.25) is 5.91 Å². The van der Waals surface area contributed by atoms with E-state index in [0.717, 1.165) is 0 Å². The van der Waals surface area contributed by atoms with Crippen LogP contribution in [-0.2, 0) is 4.79 Å². The van der Waals surface area contributed by atoms with Gasteiger partial charge in [0.25, 0.3) is 5.91 Å². The third kappa shape index (κ3) is 6.94. The van der Waals surface area contributed by atoms with Gasteiger partial charge in [-0.3, -0.25) is 9.59 Å². The van der Waals surface area contributed by atoms with Crippen LogP contribution in [0.3, 0.4) is 0 Å². The molecule has 0 fully saturated rings. The van der Waals surface area contributed by atoms with E-state index in [2.05, 4.69) is 10.6 Å². The van der Waals surface area contributed by atoms with Gasteiger partial charge in [0.1, 0.15) is 6.26 Å². The molecule has 0 saturated heterocycles. The van der Waals surface area contributed by atoms with Crippen molar-refractivity contribution in [2.75, 3.05) is 13.1 Å². The lowest BCUT2D eigenvalue weighted by molar-refractivity contribution is -0.122. The predicted molar refractivity (Wildman–Crippen MR) is 78.7 cm³/mol. The van der Waals surface area contributed by atoms with Crippen LogP contribution in [0.2, 0.25) is 0 Å². The molecular weight excluding hydrogens is 272 g/mol. The van der Waals surface area contributed by atoms with Crippen LogP contribution in [-0.4, -0.2) is 35.6 Å². The average Bonchev–Trinajstić information content (AvgIpc) is 2.88. The molecule has 6 nitrogen and oxygen atoms in total. The van der Waals surface area contributed by atoms with Gasteiger partial charge in [-0.25, -0.2) is 0 Å². The fraction of sp³-hybridized carbons (Fsp3) is 0.600. The van der Waals surface area contributed by atoms with Gasteiger partial charge >= 0.3 is 0 Å². The molecule has 0 aliphatic carbocycles. The highest BCUT2D eigenvalue weighted by Gasteiger charge is 2.22. The molecule has 0 aromatic carbocycles. The number of carbonyl (C=O) groups excluding carboxylic acids is 2. The maximum atomic E-state index is 11.7. The zero-order chi connectivity index (χ0) is 15.9. The zero-order valence-electron chi connectivity index (χ0n) is 12.8. The van der Waals surface area contributed by atoms with Gasteiger partial charge < -0.3 is 20.2 Å². The zero-order valence-corrected chi connectivity index (χ0v) is 12.8. The summed E-state index contributed by atoms with van der Waals surface area (Å²) >= 11 is 0. The normalized spacial score (nSPS) is 13.8. The van der Waals surface area contributed by atoms with E-state index in [1.165, 1.54) is 12.5 Å². The predicted octanol–water partition coefficient (Wildman–Crippen LogP) is 1.31. The van der Waals surface area contributed by atoms with E-state index in [1.54, 1.807) is 13.0 Å². The highest BCUT2D eigenvalue weighted by molar-refractivity contribution is 5.93. The van der Waals surface area contributed by atoms with Gasteiger partial charge in [0, 0.05) is 19.5 Å². The van der Waals surface area contributed by atoms with Crippen molar-refractivity contribution >= 4 is 11.8 Å². The van der Waals surface area contributed by atoms with Crippen molar-refractivity contribution in [3.63, 3.8) is 0 Å². The van der Waals surface area contributed by atoms with Gasteiger partial charge in [0.15, 0.2) is 0 Å². The number of rotatable bonds is 8. The third-order valence-corrected chi connectivity index (χ3v) is 2.94. The lowest BCUT2D eigenvalue weighted by Crippen LogP contribution is -2.42. The van der Waals surface area contributed by atoms with Crippen LogP contribution in [0.5, 0.6) is 0 Å². The Morgan fingerprint density at radius 3 is 2.67 bits per heavy atom. The minimum Gasteiger partial charge on any atom is -0.472 e. The summed E-state index contributed by atoms with van der Waals surface area (Å²) in [5, 5.41) is 15.4. The first-order valence-electron chi connectivity index (χ1n) is 7.09. The Bertz CT molecular complexity index is 452. The third-order valence-electron chi connectivity index (χ3n) is 2.94. The van der Waals surface area contributed by atoms with Crippen LogP contribution < -0.4 is 10.6 Å². The Hall–Kier alpha value is -1.82. The summed E-state index contributed by atoms with van der Waals surface area (Å²) in [6, 6.07) is 1.55. The van der Waals surface area contributed by atoms with E-state index < -0.39 is 5.60 Å². The summed E-state index contributed by atoms with van der Waals surface area (Å²) in [6.45, 7) is 6.18. The molecule has 1 unspecified atom stereocenters. The number of carbonyl (C=O) groups is 2.